The van der Waals surface area contributed by atoms with Crippen LogP contribution in [0.25, 0.3) is 0 Å². The van der Waals surface area contributed by atoms with Crippen LogP contribution in [-0.4, -0.2) is 41.1 Å². The third-order valence-electron chi connectivity index (χ3n) is 3.85. The molecule has 0 aliphatic carbocycles. The zero-order valence-corrected chi connectivity index (χ0v) is 13.1. The number of aliphatic carboxylic acids is 1. The van der Waals surface area contributed by atoms with Crippen LogP contribution in [0.15, 0.2) is 18.2 Å². The van der Waals surface area contributed by atoms with Gasteiger partial charge in [-0.25, -0.2) is 4.39 Å². The molecule has 1 aromatic rings. The molecular weight excluding hydrogens is 313 g/mol. The van der Waals surface area contributed by atoms with Crippen molar-refractivity contribution in [3.05, 3.63) is 29.0 Å². The molecule has 0 radical (unpaired) electrons. The lowest BCUT2D eigenvalue weighted by atomic mass is 9.90. The SMILES string of the molecule is CC(Oc1ccc(F)cc1Cl)C(=O)N1CCC(C)(C(=O)O)C1. The molecule has 1 amide bonds. The van der Waals surface area contributed by atoms with Crippen LogP contribution in [0.2, 0.25) is 5.02 Å². The Hall–Kier alpha value is -1.82. The Morgan fingerprint density at radius 1 is 1.50 bits per heavy atom. The van der Waals surface area contributed by atoms with Crippen molar-refractivity contribution >= 4 is 23.5 Å². The van der Waals surface area contributed by atoms with Crippen LogP contribution in [0.3, 0.4) is 0 Å². The van der Waals surface area contributed by atoms with Crippen molar-refractivity contribution in [1.82, 2.24) is 4.90 Å². The van der Waals surface area contributed by atoms with Crippen molar-refractivity contribution in [2.45, 2.75) is 26.4 Å². The summed E-state index contributed by atoms with van der Waals surface area (Å²) >= 11 is 5.86. The summed E-state index contributed by atoms with van der Waals surface area (Å²) in [7, 11) is 0. The molecule has 1 fully saturated rings. The minimum atomic E-state index is -0.928. The van der Waals surface area contributed by atoms with Gasteiger partial charge in [0.05, 0.1) is 10.4 Å². The van der Waals surface area contributed by atoms with E-state index in [0.29, 0.717) is 13.0 Å². The monoisotopic (exact) mass is 329 g/mol. The van der Waals surface area contributed by atoms with E-state index in [0.717, 1.165) is 6.07 Å². The van der Waals surface area contributed by atoms with Gasteiger partial charge in [0.2, 0.25) is 0 Å². The number of carboxylic acid groups (broad SMARTS) is 1. The average molecular weight is 330 g/mol. The lowest BCUT2D eigenvalue weighted by molar-refractivity contribution is -0.147. The first-order chi connectivity index (χ1) is 10.2. The number of carboxylic acids is 1. The Bertz CT molecular complexity index is 609. The number of halogens is 2. The molecule has 0 spiro atoms. The Balaban J connectivity index is 2.03. The molecule has 1 heterocycles. The molecule has 22 heavy (non-hydrogen) atoms. The molecule has 1 saturated heterocycles. The largest absolute Gasteiger partial charge is 0.481 e. The van der Waals surface area contributed by atoms with Crippen molar-refractivity contribution in [2.75, 3.05) is 13.1 Å². The van der Waals surface area contributed by atoms with Crippen LogP contribution < -0.4 is 4.74 Å². The third kappa shape index (κ3) is 3.32. The molecule has 1 aliphatic rings. The number of carbonyl (C=O) groups excluding carboxylic acids is 1. The van der Waals surface area contributed by atoms with Crippen molar-refractivity contribution in [2.24, 2.45) is 5.41 Å². The topological polar surface area (TPSA) is 66.8 Å². The van der Waals surface area contributed by atoms with Gasteiger partial charge in [0, 0.05) is 13.1 Å². The van der Waals surface area contributed by atoms with Gasteiger partial charge in [-0.05, 0) is 38.5 Å². The zero-order chi connectivity index (χ0) is 16.5. The Morgan fingerprint density at radius 2 is 2.18 bits per heavy atom. The van der Waals surface area contributed by atoms with Crippen LogP contribution in [0.5, 0.6) is 5.75 Å². The van der Waals surface area contributed by atoms with Gasteiger partial charge in [0.15, 0.2) is 6.10 Å². The van der Waals surface area contributed by atoms with Gasteiger partial charge in [0.1, 0.15) is 11.6 Å². The number of amides is 1. The fourth-order valence-electron chi connectivity index (χ4n) is 2.39. The molecule has 2 atom stereocenters. The van der Waals surface area contributed by atoms with Gasteiger partial charge in [-0.3, -0.25) is 9.59 Å². The van der Waals surface area contributed by atoms with Crippen molar-refractivity contribution in [1.29, 1.82) is 0 Å². The molecule has 0 aromatic heterocycles. The van der Waals surface area contributed by atoms with Crippen LogP contribution in [0.1, 0.15) is 20.3 Å². The van der Waals surface area contributed by atoms with E-state index in [-0.39, 0.29) is 23.2 Å². The van der Waals surface area contributed by atoms with Crippen LogP contribution in [0, 0.1) is 11.2 Å². The Labute approximate surface area is 132 Å². The predicted octanol–water partition coefficient (Wildman–Crippen LogP) is 2.57. The second-order valence-electron chi connectivity index (χ2n) is 5.71. The fourth-order valence-corrected chi connectivity index (χ4v) is 2.60. The predicted molar refractivity (Wildman–Crippen MR) is 78.4 cm³/mol. The van der Waals surface area contributed by atoms with Gasteiger partial charge in [-0.2, -0.15) is 0 Å². The van der Waals surface area contributed by atoms with Crippen LogP contribution in [-0.2, 0) is 9.59 Å². The molecule has 1 aliphatic heterocycles. The number of likely N-dealkylation sites (tertiary alicyclic amines) is 1. The van der Waals surface area contributed by atoms with E-state index in [1.807, 2.05) is 0 Å². The lowest BCUT2D eigenvalue weighted by Crippen LogP contribution is -2.41. The molecule has 0 saturated carbocycles. The molecule has 7 heteroatoms. The highest BCUT2D eigenvalue weighted by molar-refractivity contribution is 6.32. The first kappa shape index (κ1) is 16.5. The maximum atomic E-state index is 13.0. The highest BCUT2D eigenvalue weighted by Gasteiger charge is 2.43. The Morgan fingerprint density at radius 3 is 2.73 bits per heavy atom. The number of nitrogens with zero attached hydrogens (tertiary/aromatic N) is 1. The minimum absolute atomic E-state index is 0.0800. The summed E-state index contributed by atoms with van der Waals surface area (Å²) in [6.07, 6.45) is -0.433. The molecule has 1 aromatic carbocycles. The normalized spacial score (nSPS) is 22.5. The fraction of sp³-hybridized carbons (Fsp3) is 0.467. The zero-order valence-electron chi connectivity index (χ0n) is 12.3. The van der Waals surface area contributed by atoms with Gasteiger partial charge in [-0.1, -0.05) is 11.6 Å². The first-order valence-corrected chi connectivity index (χ1v) is 7.24. The standard InChI is InChI=1S/C15H17ClFNO4/c1-9(22-12-4-3-10(17)7-11(12)16)13(19)18-6-5-15(2,8-18)14(20)21/h3-4,7,9H,5-6,8H2,1-2H3,(H,20,21). The van der Waals surface area contributed by atoms with E-state index in [9.17, 15) is 19.1 Å². The number of carbonyl (C=O) groups is 2. The smallest absolute Gasteiger partial charge is 0.311 e. The molecule has 0 bridgehead atoms. The summed E-state index contributed by atoms with van der Waals surface area (Å²) in [6.45, 7) is 3.68. The lowest BCUT2D eigenvalue weighted by Gasteiger charge is -2.23. The second-order valence-corrected chi connectivity index (χ2v) is 6.12. The first-order valence-electron chi connectivity index (χ1n) is 6.87. The maximum absolute atomic E-state index is 13.0. The van der Waals surface area contributed by atoms with E-state index < -0.39 is 23.3 Å². The summed E-state index contributed by atoms with van der Waals surface area (Å²) in [4.78, 5) is 25.0. The van der Waals surface area contributed by atoms with Gasteiger partial charge in [-0.15, -0.1) is 0 Å². The maximum Gasteiger partial charge on any atom is 0.311 e. The van der Waals surface area contributed by atoms with E-state index in [1.165, 1.54) is 17.0 Å². The van der Waals surface area contributed by atoms with Crippen LogP contribution in [0.4, 0.5) is 4.39 Å². The molecular formula is C15H17ClFNO4. The number of benzene rings is 1. The number of ether oxygens (including phenoxy) is 1. The quantitative estimate of drug-likeness (QED) is 0.922. The van der Waals surface area contributed by atoms with E-state index in [4.69, 9.17) is 16.3 Å². The summed E-state index contributed by atoms with van der Waals surface area (Å²) in [5, 5.41) is 9.27. The summed E-state index contributed by atoms with van der Waals surface area (Å²) in [5.74, 6) is -1.51. The summed E-state index contributed by atoms with van der Waals surface area (Å²) < 4.78 is 18.4. The van der Waals surface area contributed by atoms with Crippen molar-refractivity contribution in [3.8, 4) is 5.75 Å². The van der Waals surface area contributed by atoms with Crippen molar-refractivity contribution in [3.63, 3.8) is 0 Å². The van der Waals surface area contributed by atoms with Gasteiger partial charge in [0.25, 0.3) is 5.91 Å². The molecule has 2 rings (SSSR count). The molecule has 5 nitrogen and oxygen atoms in total. The van der Waals surface area contributed by atoms with E-state index >= 15 is 0 Å². The van der Waals surface area contributed by atoms with Gasteiger partial charge < -0.3 is 14.7 Å². The number of hydrogen-bond donors (Lipinski definition) is 1. The highest BCUT2D eigenvalue weighted by atomic mass is 35.5. The van der Waals surface area contributed by atoms with Gasteiger partial charge >= 0.3 is 5.97 Å². The van der Waals surface area contributed by atoms with Crippen LogP contribution >= 0.6 is 11.6 Å². The number of rotatable bonds is 4. The third-order valence-corrected chi connectivity index (χ3v) is 4.14. The summed E-state index contributed by atoms with van der Waals surface area (Å²) in [6, 6.07) is 3.65. The van der Waals surface area contributed by atoms with Crippen molar-refractivity contribution < 1.29 is 23.8 Å². The average Bonchev–Trinajstić information content (AvgIpc) is 2.85. The minimum Gasteiger partial charge on any atom is -0.481 e. The molecule has 2 unspecified atom stereocenters. The summed E-state index contributed by atoms with van der Waals surface area (Å²) in [5.41, 5.74) is -0.928. The Kier molecular flexibility index (Phi) is 4.60. The highest BCUT2D eigenvalue weighted by Crippen LogP contribution is 2.31. The molecule has 1 N–H and O–H groups in total. The second kappa shape index (κ2) is 6.12. The molecule has 120 valence electrons. The number of hydrogen-bond acceptors (Lipinski definition) is 3. The van der Waals surface area contributed by atoms with E-state index in [2.05, 4.69) is 0 Å². The van der Waals surface area contributed by atoms with E-state index in [1.54, 1.807) is 13.8 Å².